The van der Waals surface area contributed by atoms with E-state index in [2.05, 4.69) is 35.2 Å². The first-order valence-electron chi connectivity index (χ1n) is 18.8. The summed E-state index contributed by atoms with van der Waals surface area (Å²) in [5.74, 6) is 0.216. The molecule has 1 N–H and O–H groups in total. The Balaban J connectivity index is 1.14. The largest absolute Gasteiger partial charge is 0.737 e. The molecule has 13 heteroatoms. The minimum atomic E-state index is -4.29. The molecule has 8 nitrogen and oxygen atoms in total. The lowest BCUT2D eigenvalue weighted by atomic mass is 9.86. The van der Waals surface area contributed by atoms with Crippen molar-refractivity contribution in [2.24, 2.45) is 0 Å². The van der Waals surface area contributed by atoms with Crippen LogP contribution in [0.4, 0.5) is 25.7 Å². The van der Waals surface area contributed by atoms with Gasteiger partial charge in [-0.3, -0.25) is 0 Å². The van der Waals surface area contributed by atoms with Gasteiger partial charge in [-0.2, -0.15) is 5.26 Å². The number of thiophene rings is 2. The fraction of sp³-hybridized carbons (Fsp3) is 0.152. The van der Waals surface area contributed by atoms with E-state index in [1.165, 1.54) is 26.4 Å². The monoisotopic (exact) mass is 824 g/mol. The van der Waals surface area contributed by atoms with Crippen LogP contribution in [0, 0.1) is 25.2 Å². The lowest BCUT2D eigenvalue weighted by Gasteiger charge is -2.32. The van der Waals surface area contributed by atoms with Crippen molar-refractivity contribution in [1.29, 1.82) is 5.26 Å². The van der Waals surface area contributed by atoms with Crippen LogP contribution >= 0.6 is 22.7 Å². The summed E-state index contributed by atoms with van der Waals surface area (Å²) in [6.07, 6.45) is 1.31. The van der Waals surface area contributed by atoms with Crippen LogP contribution in [0.15, 0.2) is 114 Å². The van der Waals surface area contributed by atoms with Crippen molar-refractivity contribution in [3.05, 3.63) is 141 Å². The Kier molecular flexibility index (Phi) is 10.0. The van der Waals surface area contributed by atoms with Crippen LogP contribution in [-0.2, 0) is 4.79 Å². The van der Waals surface area contributed by atoms with Crippen LogP contribution in [-0.4, -0.2) is 46.9 Å². The second-order valence-corrected chi connectivity index (χ2v) is 16.6. The highest BCUT2D eigenvalue weighted by molar-refractivity contribution is 7.18. The standard InChI is InChI=1S/C46H39BF2N4O4S2/c1-26-42(40-21-20-38(58-40)24-32(25-50)46(54)55)29(4)52-44(26)28(3)45-27(2)43(30(5)53(45)47(52,48)49)41-23-22-39(59-41)31-8-10-33(11-9-31)51(34-12-16-36(56-6)17-13-34)35-14-18-37(57-7)19-15-35/h8-24H,1-7H3,(H,54,55)/b32-24+. The smallest absolute Gasteiger partial charge is 0.497 e. The molecule has 2 aliphatic heterocycles. The van der Waals surface area contributed by atoms with Gasteiger partial charge in [-0.1, -0.05) is 12.1 Å². The van der Waals surface area contributed by atoms with Crippen LogP contribution < -0.4 is 14.4 Å². The molecule has 2 aliphatic rings. The third kappa shape index (κ3) is 6.49. The molecular weight excluding hydrogens is 785 g/mol. The van der Waals surface area contributed by atoms with E-state index in [9.17, 15) is 15.2 Å². The number of aromatic nitrogens is 1. The van der Waals surface area contributed by atoms with E-state index in [1.54, 1.807) is 57.6 Å². The van der Waals surface area contributed by atoms with Gasteiger partial charge in [0.25, 0.3) is 0 Å². The molecule has 0 fully saturated rings. The van der Waals surface area contributed by atoms with Gasteiger partial charge < -0.3 is 37.1 Å². The first kappa shape index (κ1) is 39.3. The van der Waals surface area contributed by atoms with E-state index in [4.69, 9.17) is 9.47 Å². The van der Waals surface area contributed by atoms with Crippen LogP contribution in [0.5, 0.6) is 11.5 Å². The van der Waals surface area contributed by atoms with Gasteiger partial charge in [0.05, 0.1) is 19.8 Å². The van der Waals surface area contributed by atoms with Crippen molar-refractivity contribution >= 4 is 75.6 Å². The average Bonchev–Trinajstić information content (AvgIpc) is 4.01. The van der Waals surface area contributed by atoms with Gasteiger partial charge in [-0.25, -0.2) is 4.79 Å². The molecule has 296 valence electrons. The van der Waals surface area contributed by atoms with Crippen LogP contribution in [0.1, 0.15) is 47.5 Å². The predicted molar refractivity (Wildman–Crippen MR) is 235 cm³/mol. The van der Waals surface area contributed by atoms with Gasteiger partial charge in [-0.15, -0.1) is 22.7 Å². The summed E-state index contributed by atoms with van der Waals surface area (Å²) in [5.41, 5.74) is 9.22. The Labute approximate surface area is 349 Å². The van der Waals surface area contributed by atoms with E-state index in [-0.39, 0.29) is 0 Å². The van der Waals surface area contributed by atoms with Crippen molar-refractivity contribution in [2.45, 2.75) is 34.6 Å². The van der Waals surface area contributed by atoms with Gasteiger partial charge in [0, 0.05) is 65.9 Å². The zero-order valence-corrected chi connectivity index (χ0v) is 35.1. The number of nitrogens with zero attached hydrogens (tertiary/aromatic N) is 4. The number of allylic oxidation sites excluding steroid dienone is 3. The highest BCUT2D eigenvalue weighted by atomic mass is 32.1. The summed E-state index contributed by atoms with van der Waals surface area (Å²) < 4.78 is 47.6. The van der Waals surface area contributed by atoms with E-state index < -0.39 is 18.5 Å². The number of carbonyl (C=O) groups is 1. The lowest BCUT2D eigenvalue weighted by Crippen LogP contribution is -2.51. The number of aliphatic carboxylic acids is 1. The minimum absolute atomic E-state index is 0.392. The normalized spacial score (nSPS) is 14.7. The Morgan fingerprint density at radius 1 is 0.780 bits per heavy atom. The topological polar surface area (TPSA) is 90.7 Å². The summed E-state index contributed by atoms with van der Waals surface area (Å²) in [6, 6.07) is 33.4. The molecule has 0 saturated carbocycles. The molecule has 0 atom stereocenters. The maximum absolute atomic E-state index is 17.2. The zero-order valence-electron chi connectivity index (χ0n) is 33.4. The molecule has 0 unspecified atom stereocenters. The second-order valence-electron chi connectivity index (χ2n) is 14.4. The number of ether oxygens (including phenoxy) is 2. The number of halogens is 2. The number of methoxy groups -OCH3 is 2. The van der Waals surface area contributed by atoms with E-state index in [1.807, 2.05) is 75.4 Å². The number of hydrogen-bond acceptors (Lipinski definition) is 7. The molecule has 0 bridgehead atoms. The van der Waals surface area contributed by atoms with E-state index >= 15 is 8.63 Å². The first-order chi connectivity index (χ1) is 28.3. The Morgan fingerprint density at radius 3 is 1.86 bits per heavy atom. The number of fused-ring (bicyclic) bond motifs is 2. The fourth-order valence-corrected chi connectivity index (χ4v) is 10.8. The van der Waals surface area contributed by atoms with Gasteiger partial charge in [0.1, 0.15) is 28.9 Å². The number of carboxylic acids is 1. The number of carboxylic acid groups (broad SMARTS) is 1. The Bertz CT molecular complexity index is 2810. The van der Waals surface area contributed by atoms with Gasteiger partial charge in [0.2, 0.25) is 0 Å². The summed E-state index contributed by atoms with van der Waals surface area (Å²) >= 11 is 2.85. The molecule has 3 aromatic heterocycles. The van der Waals surface area contributed by atoms with Gasteiger partial charge in [-0.05, 0) is 136 Å². The fourth-order valence-electron chi connectivity index (χ4n) is 8.53. The maximum atomic E-state index is 17.2. The van der Waals surface area contributed by atoms with E-state index in [0.29, 0.717) is 33.2 Å². The molecule has 0 amide bonds. The van der Waals surface area contributed by atoms with Crippen LogP contribution in [0.25, 0.3) is 38.1 Å². The molecule has 0 aliphatic carbocycles. The zero-order chi connectivity index (χ0) is 41.9. The minimum Gasteiger partial charge on any atom is -0.497 e. The van der Waals surface area contributed by atoms with Crippen molar-refractivity contribution in [3.63, 3.8) is 0 Å². The number of hydrogen-bond donors (Lipinski definition) is 1. The highest BCUT2D eigenvalue weighted by Gasteiger charge is 2.56. The third-order valence-electron chi connectivity index (χ3n) is 11.2. The Hall–Kier alpha value is -6.49. The van der Waals surface area contributed by atoms with E-state index in [0.717, 1.165) is 71.0 Å². The molecule has 3 aromatic carbocycles. The summed E-state index contributed by atoms with van der Waals surface area (Å²) in [5, 5.41) is 18.6. The van der Waals surface area contributed by atoms with Gasteiger partial charge in [0.15, 0.2) is 5.70 Å². The molecule has 0 spiro atoms. The molecular formula is C46H39BF2N4O4S2. The molecule has 8 rings (SSSR count). The quantitative estimate of drug-likeness (QED) is 0.0840. The molecule has 59 heavy (non-hydrogen) atoms. The number of anilines is 3. The molecule has 5 heterocycles. The molecule has 0 saturated heterocycles. The van der Waals surface area contributed by atoms with Gasteiger partial charge >= 0.3 is 12.9 Å². The predicted octanol–water partition coefficient (Wildman–Crippen LogP) is 12.0. The van der Waals surface area contributed by atoms with Crippen molar-refractivity contribution in [3.8, 4) is 38.4 Å². The summed E-state index contributed by atoms with van der Waals surface area (Å²) in [4.78, 5) is 16.8. The third-order valence-corrected chi connectivity index (χ3v) is 13.4. The Morgan fingerprint density at radius 2 is 1.32 bits per heavy atom. The first-order valence-corrected chi connectivity index (χ1v) is 20.5. The summed E-state index contributed by atoms with van der Waals surface area (Å²) in [7, 11) is 3.29. The number of nitriles is 1. The molecule has 0 radical (unpaired) electrons. The second kappa shape index (κ2) is 15.0. The average molecular weight is 825 g/mol. The SMILES string of the molecule is COc1ccc(N(c2ccc(OC)cc2)c2ccc(-c3ccc(-c4c(C)c5n(c4C)[B-](F)(F)[N+]4=C(C)C(c6ccc(/C=C(\C#N)C(=O)O)s6)=C(C)C4=C5C)s3)cc2)cc1. The van der Waals surface area contributed by atoms with Crippen molar-refractivity contribution in [2.75, 3.05) is 19.1 Å². The van der Waals surface area contributed by atoms with Crippen LogP contribution in [0.3, 0.4) is 0 Å². The lowest BCUT2D eigenvalue weighted by molar-refractivity contribution is -0.363. The van der Waals surface area contributed by atoms with Crippen molar-refractivity contribution < 1.29 is 32.5 Å². The molecule has 6 aromatic rings. The highest BCUT2D eigenvalue weighted by Crippen LogP contribution is 2.50. The maximum Gasteiger partial charge on any atom is 0.737 e. The van der Waals surface area contributed by atoms with Crippen molar-refractivity contribution in [1.82, 2.24) is 4.48 Å². The summed E-state index contributed by atoms with van der Waals surface area (Å²) in [6.45, 7) is 4.90. The number of benzene rings is 3. The van der Waals surface area contributed by atoms with Crippen LogP contribution in [0.2, 0.25) is 0 Å². The number of rotatable bonds is 10.